The molecule has 0 saturated carbocycles. The van der Waals surface area contributed by atoms with Crippen molar-refractivity contribution in [1.82, 2.24) is 4.90 Å². The van der Waals surface area contributed by atoms with E-state index in [0.29, 0.717) is 23.9 Å². The van der Waals surface area contributed by atoms with E-state index in [1.54, 1.807) is 4.90 Å². The van der Waals surface area contributed by atoms with Crippen molar-refractivity contribution < 1.29 is 9.00 Å². The summed E-state index contributed by atoms with van der Waals surface area (Å²) in [7, 11) is -0.915. The number of carbonyl (C=O) groups excluding carboxylic acids is 1. The molecule has 1 aromatic carbocycles. The Hall–Kier alpha value is -1.27. The molecule has 1 unspecified atom stereocenters. The monoisotopic (exact) mass is 397 g/mol. The van der Waals surface area contributed by atoms with E-state index in [-0.39, 0.29) is 10.8 Å². The number of nitrogens with one attached hydrogen (secondary N) is 1. The van der Waals surface area contributed by atoms with E-state index < -0.39 is 10.8 Å². The average molecular weight is 398 g/mol. The van der Waals surface area contributed by atoms with Crippen molar-refractivity contribution in [2.75, 3.05) is 42.1 Å². The van der Waals surface area contributed by atoms with Gasteiger partial charge in [-0.2, -0.15) is 0 Å². The third kappa shape index (κ3) is 4.52. The highest BCUT2D eigenvalue weighted by Gasteiger charge is 2.31. The van der Waals surface area contributed by atoms with Crippen LogP contribution in [0.5, 0.6) is 0 Å². The van der Waals surface area contributed by atoms with Crippen LogP contribution in [0.15, 0.2) is 18.2 Å². The van der Waals surface area contributed by atoms with Crippen LogP contribution in [0.2, 0.25) is 5.02 Å². The van der Waals surface area contributed by atoms with Gasteiger partial charge in [-0.3, -0.25) is 4.21 Å². The molecule has 7 heteroatoms. The molecule has 1 N–H and O–H groups in total. The van der Waals surface area contributed by atoms with Crippen LogP contribution in [-0.2, 0) is 10.8 Å². The predicted molar refractivity (Wildman–Crippen MR) is 110 cm³/mol. The van der Waals surface area contributed by atoms with Crippen molar-refractivity contribution in [2.45, 2.75) is 44.3 Å². The zero-order valence-corrected chi connectivity index (χ0v) is 17.2. The second-order valence-corrected chi connectivity index (χ2v) is 10.3. The first-order chi connectivity index (χ1) is 12.4. The van der Waals surface area contributed by atoms with Gasteiger partial charge in [-0.15, -0.1) is 0 Å². The van der Waals surface area contributed by atoms with E-state index >= 15 is 0 Å². The maximum atomic E-state index is 12.8. The number of hydrogen-bond acceptors (Lipinski definition) is 3. The lowest BCUT2D eigenvalue weighted by Crippen LogP contribution is -2.38. The minimum atomic E-state index is -0.915. The summed E-state index contributed by atoms with van der Waals surface area (Å²) in [6, 6.07) is 5.55. The summed E-state index contributed by atoms with van der Waals surface area (Å²) in [6.45, 7) is 7.15. The number of carbonyl (C=O) groups is 1. The van der Waals surface area contributed by atoms with Crippen LogP contribution in [0.25, 0.3) is 0 Å². The Bertz CT molecular complexity index is 689. The SMILES string of the molecule is CC1(C)CCN(C(=O)Nc2cc(Cl)ccc2N2CCCCC2)CCS1=O. The van der Waals surface area contributed by atoms with Crippen LogP contribution in [0.4, 0.5) is 16.2 Å². The highest BCUT2D eigenvalue weighted by atomic mass is 35.5. The molecule has 2 heterocycles. The van der Waals surface area contributed by atoms with E-state index in [4.69, 9.17) is 11.6 Å². The fraction of sp³-hybridized carbons (Fsp3) is 0.632. The average Bonchev–Trinajstić information content (AvgIpc) is 2.75. The van der Waals surface area contributed by atoms with Gasteiger partial charge in [0.2, 0.25) is 0 Å². The second-order valence-electron chi connectivity index (χ2n) is 7.69. The van der Waals surface area contributed by atoms with Crippen molar-refractivity contribution in [3.63, 3.8) is 0 Å². The van der Waals surface area contributed by atoms with Crippen molar-refractivity contribution in [1.29, 1.82) is 0 Å². The summed E-state index contributed by atoms with van der Waals surface area (Å²) in [5.41, 5.74) is 1.79. The highest BCUT2D eigenvalue weighted by molar-refractivity contribution is 7.86. The van der Waals surface area contributed by atoms with Crippen LogP contribution in [-0.4, -0.2) is 51.8 Å². The molecule has 0 spiro atoms. The fourth-order valence-corrected chi connectivity index (χ4v) is 4.95. The number of rotatable bonds is 2. The summed E-state index contributed by atoms with van der Waals surface area (Å²) in [6.07, 6.45) is 4.33. The molecule has 26 heavy (non-hydrogen) atoms. The molecular formula is C19H28ClN3O2S. The molecule has 0 aliphatic carbocycles. The van der Waals surface area contributed by atoms with Crippen LogP contribution in [0.3, 0.4) is 0 Å². The third-order valence-electron chi connectivity index (χ3n) is 5.33. The Balaban J connectivity index is 1.74. The standard InChI is InChI=1S/C19H28ClN3O2S/c1-19(2)8-11-23(12-13-26(19)25)18(24)21-16-14-15(20)6-7-17(16)22-9-4-3-5-10-22/h6-7,14H,3-5,8-13H2,1-2H3,(H,21,24). The molecule has 0 bridgehead atoms. The molecule has 3 rings (SSSR count). The first-order valence-electron chi connectivity index (χ1n) is 9.36. The molecule has 0 aromatic heterocycles. The zero-order chi connectivity index (χ0) is 18.7. The maximum Gasteiger partial charge on any atom is 0.321 e. The zero-order valence-electron chi connectivity index (χ0n) is 15.6. The largest absolute Gasteiger partial charge is 0.370 e. The maximum absolute atomic E-state index is 12.8. The summed E-state index contributed by atoms with van der Waals surface area (Å²) in [5.74, 6) is 0.523. The molecule has 0 radical (unpaired) electrons. The molecule has 144 valence electrons. The number of halogens is 1. The van der Waals surface area contributed by atoms with Gasteiger partial charge in [0.15, 0.2) is 0 Å². The lowest BCUT2D eigenvalue weighted by atomic mass is 10.1. The van der Waals surface area contributed by atoms with Gasteiger partial charge in [-0.05, 0) is 57.7 Å². The first-order valence-corrected chi connectivity index (χ1v) is 11.1. The molecule has 2 aliphatic rings. The number of nitrogens with zero attached hydrogens (tertiary/aromatic N) is 2. The molecular weight excluding hydrogens is 370 g/mol. The van der Waals surface area contributed by atoms with Gasteiger partial charge in [0, 0.05) is 52.5 Å². The molecule has 2 aliphatic heterocycles. The number of urea groups is 1. The van der Waals surface area contributed by atoms with Gasteiger partial charge < -0.3 is 15.1 Å². The summed E-state index contributed by atoms with van der Waals surface area (Å²) in [4.78, 5) is 16.9. The summed E-state index contributed by atoms with van der Waals surface area (Å²) in [5, 5.41) is 3.66. The smallest absolute Gasteiger partial charge is 0.321 e. The van der Waals surface area contributed by atoms with Crippen LogP contribution >= 0.6 is 11.6 Å². The van der Waals surface area contributed by atoms with Gasteiger partial charge in [0.05, 0.1) is 11.4 Å². The van der Waals surface area contributed by atoms with E-state index in [0.717, 1.165) is 30.9 Å². The highest BCUT2D eigenvalue weighted by Crippen LogP contribution is 2.32. The quantitative estimate of drug-likeness (QED) is 0.817. The fourth-order valence-electron chi connectivity index (χ4n) is 3.52. The topological polar surface area (TPSA) is 52.7 Å². The van der Waals surface area contributed by atoms with Crippen molar-refractivity contribution in [3.05, 3.63) is 23.2 Å². The van der Waals surface area contributed by atoms with E-state index in [1.165, 1.54) is 19.3 Å². The Morgan fingerprint density at radius 1 is 1.15 bits per heavy atom. The van der Waals surface area contributed by atoms with Gasteiger partial charge in [0.25, 0.3) is 0 Å². The normalized spacial score (nSPS) is 23.4. The Morgan fingerprint density at radius 2 is 1.88 bits per heavy atom. The van der Waals surface area contributed by atoms with Crippen molar-refractivity contribution in [2.24, 2.45) is 0 Å². The van der Waals surface area contributed by atoms with Crippen LogP contribution in [0.1, 0.15) is 39.5 Å². The van der Waals surface area contributed by atoms with Gasteiger partial charge in [-0.1, -0.05) is 11.6 Å². The van der Waals surface area contributed by atoms with Gasteiger partial charge in [-0.25, -0.2) is 4.79 Å². The molecule has 5 nitrogen and oxygen atoms in total. The Labute approximate surface area is 163 Å². The predicted octanol–water partition coefficient (Wildman–Crippen LogP) is 4.10. The molecule has 2 fully saturated rings. The summed E-state index contributed by atoms with van der Waals surface area (Å²) >= 11 is 6.18. The Morgan fingerprint density at radius 3 is 2.62 bits per heavy atom. The van der Waals surface area contributed by atoms with E-state index in [2.05, 4.69) is 10.2 Å². The number of amides is 2. The van der Waals surface area contributed by atoms with E-state index in [9.17, 15) is 9.00 Å². The second kappa shape index (κ2) is 8.17. The van der Waals surface area contributed by atoms with Crippen LogP contribution < -0.4 is 10.2 Å². The van der Waals surface area contributed by atoms with Crippen molar-refractivity contribution in [3.8, 4) is 0 Å². The summed E-state index contributed by atoms with van der Waals surface area (Å²) < 4.78 is 12.1. The first kappa shape index (κ1) is 19.5. The van der Waals surface area contributed by atoms with Crippen molar-refractivity contribution >= 4 is 39.8 Å². The molecule has 1 aromatic rings. The van der Waals surface area contributed by atoms with Crippen LogP contribution in [0, 0.1) is 0 Å². The third-order valence-corrected chi connectivity index (χ3v) is 7.56. The lowest BCUT2D eigenvalue weighted by Gasteiger charge is -2.31. The lowest BCUT2D eigenvalue weighted by molar-refractivity contribution is 0.214. The molecule has 2 amide bonds. The molecule has 2 saturated heterocycles. The number of benzene rings is 1. The number of piperidine rings is 1. The molecule has 1 atom stereocenters. The minimum absolute atomic E-state index is 0.139. The van der Waals surface area contributed by atoms with E-state index in [1.807, 2.05) is 32.0 Å². The number of anilines is 2. The minimum Gasteiger partial charge on any atom is -0.370 e. The Kier molecular flexibility index (Phi) is 6.13. The number of hydrogen-bond donors (Lipinski definition) is 1. The van der Waals surface area contributed by atoms with Gasteiger partial charge in [0.1, 0.15) is 0 Å². The van der Waals surface area contributed by atoms with Gasteiger partial charge >= 0.3 is 6.03 Å².